The number of hydrogen-bond donors (Lipinski definition) is 1. The first-order chi connectivity index (χ1) is 10.9. The first-order valence-corrected chi connectivity index (χ1v) is 7.42. The Kier molecular flexibility index (Phi) is 5.82. The van der Waals surface area contributed by atoms with Crippen LogP contribution in [0.25, 0.3) is 0 Å². The molecule has 0 aliphatic heterocycles. The van der Waals surface area contributed by atoms with Gasteiger partial charge in [0.05, 0.1) is 5.56 Å². The maximum absolute atomic E-state index is 13.1. The molecule has 2 atom stereocenters. The molecular weight excluding hydrogens is 310 g/mol. The van der Waals surface area contributed by atoms with Crippen LogP contribution in [0, 0.1) is 5.92 Å². The van der Waals surface area contributed by atoms with Crippen molar-refractivity contribution >= 4 is 0 Å². The van der Waals surface area contributed by atoms with Gasteiger partial charge in [0.15, 0.2) is 0 Å². The zero-order valence-electron chi connectivity index (χ0n) is 12.7. The van der Waals surface area contributed by atoms with Gasteiger partial charge in [-0.15, -0.1) is 0 Å². The monoisotopic (exact) mass is 329 g/mol. The Morgan fingerprint density at radius 2 is 1.96 bits per heavy atom. The van der Waals surface area contributed by atoms with Crippen molar-refractivity contribution in [2.45, 2.75) is 25.1 Å². The molecule has 23 heavy (non-hydrogen) atoms. The molecule has 6 heteroatoms. The lowest BCUT2D eigenvalue weighted by Crippen LogP contribution is -2.30. The second kappa shape index (κ2) is 7.64. The molecule has 2 rings (SSSR count). The van der Waals surface area contributed by atoms with E-state index in [9.17, 15) is 17.6 Å². The minimum absolute atomic E-state index is 0.00913. The number of hydrogen-bond acceptors (Lipinski definition) is 2. The summed E-state index contributed by atoms with van der Waals surface area (Å²) in [6.45, 7) is 0.696. The molecule has 1 N–H and O–H groups in total. The lowest BCUT2D eigenvalue weighted by atomic mass is 9.92. The number of alkyl halides is 3. The molecule has 0 aromatic heterocycles. The average molecular weight is 329 g/mol. The second-order valence-electron chi connectivity index (χ2n) is 5.42. The molecule has 1 aromatic carbocycles. The van der Waals surface area contributed by atoms with Crippen LogP contribution in [0.3, 0.4) is 0 Å². The number of halogens is 4. The summed E-state index contributed by atoms with van der Waals surface area (Å²) in [5.74, 6) is 0.0933. The predicted octanol–water partition coefficient (Wildman–Crippen LogP) is 4.49. The van der Waals surface area contributed by atoms with E-state index in [4.69, 9.17) is 4.74 Å². The Balaban J connectivity index is 2.07. The molecule has 1 aliphatic carbocycles. The van der Waals surface area contributed by atoms with Crippen molar-refractivity contribution in [3.63, 3.8) is 0 Å². The Labute approximate surface area is 132 Å². The maximum atomic E-state index is 13.1. The third-order valence-electron chi connectivity index (χ3n) is 3.71. The summed E-state index contributed by atoms with van der Waals surface area (Å²) in [5.41, 5.74) is -0.709. The highest BCUT2D eigenvalue weighted by atomic mass is 19.4. The minimum atomic E-state index is -4.36. The van der Waals surface area contributed by atoms with Crippen LogP contribution < -0.4 is 10.1 Å². The number of allylic oxidation sites excluding steroid dienone is 3. The average Bonchev–Trinajstić information content (AvgIpc) is 2.52. The van der Waals surface area contributed by atoms with Crippen molar-refractivity contribution in [2.24, 2.45) is 5.92 Å². The van der Waals surface area contributed by atoms with E-state index < -0.39 is 11.7 Å². The lowest BCUT2D eigenvalue weighted by molar-refractivity contribution is -0.137. The first kappa shape index (κ1) is 17.5. The smallest absolute Gasteiger partial charge is 0.416 e. The zero-order valence-corrected chi connectivity index (χ0v) is 12.7. The molecule has 126 valence electrons. The van der Waals surface area contributed by atoms with Gasteiger partial charge in [-0.25, -0.2) is 4.39 Å². The number of ether oxygens (including phenoxy) is 1. The van der Waals surface area contributed by atoms with Crippen LogP contribution in [-0.4, -0.2) is 19.7 Å². The van der Waals surface area contributed by atoms with Crippen molar-refractivity contribution < 1.29 is 22.3 Å². The molecule has 0 spiro atoms. The lowest BCUT2D eigenvalue weighted by Gasteiger charge is -2.26. The quantitative estimate of drug-likeness (QED) is 0.776. The summed E-state index contributed by atoms with van der Waals surface area (Å²) in [6.07, 6.45) is 1.22. The van der Waals surface area contributed by atoms with E-state index in [0.717, 1.165) is 12.1 Å². The van der Waals surface area contributed by atoms with Crippen LogP contribution in [-0.2, 0) is 6.18 Å². The van der Waals surface area contributed by atoms with Gasteiger partial charge < -0.3 is 10.1 Å². The Morgan fingerprint density at radius 1 is 1.26 bits per heavy atom. The van der Waals surface area contributed by atoms with Crippen molar-refractivity contribution in [3.05, 3.63) is 53.9 Å². The van der Waals surface area contributed by atoms with Crippen LogP contribution in [0.5, 0.6) is 5.75 Å². The fourth-order valence-electron chi connectivity index (χ4n) is 2.43. The van der Waals surface area contributed by atoms with Crippen molar-refractivity contribution in [2.75, 3.05) is 13.6 Å². The number of benzene rings is 1. The largest absolute Gasteiger partial charge is 0.490 e. The van der Waals surface area contributed by atoms with Crippen LogP contribution in [0.2, 0.25) is 0 Å². The van der Waals surface area contributed by atoms with E-state index in [1.165, 1.54) is 24.3 Å². The molecule has 0 saturated heterocycles. The second-order valence-corrected chi connectivity index (χ2v) is 5.42. The van der Waals surface area contributed by atoms with Crippen molar-refractivity contribution in [3.8, 4) is 5.75 Å². The van der Waals surface area contributed by atoms with Gasteiger partial charge in [-0.3, -0.25) is 0 Å². The van der Waals surface area contributed by atoms with Crippen LogP contribution in [0.1, 0.15) is 18.4 Å². The van der Waals surface area contributed by atoms with E-state index in [1.54, 1.807) is 6.08 Å². The molecule has 0 saturated carbocycles. The Morgan fingerprint density at radius 3 is 2.48 bits per heavy atom. The van der Waals surface area contributed by atoms with E-state index in [-0.39, 0.29) is 17.8 Å². The Bertz CT molecular complexity index is 563. The highest BCUT2D eigenvalue weighted by Crippen LogP contribution is 2.31. The van der Waals surface area contributed by atoms with E-state index in [2.05, 4.69) is 5.32 Å². The minimum Gasteiger partial charge on any atom is -0.490 e. The fourth-order valence-corrected chi connectivity index (χ4v) is 2.43. The molecule has 1 aromatic rings. The highest BCUT2D eigenvalue weighted by molar-refractivity contribution is 5.29. The third kappa shape index (κ3) is 5.10. The number of rotatable bonds is 6. The van der Waals surface area contributed by atoms with E-state index in [1.807, 2.05) is 7.05 Å². The van der Waals surface area contributed by atoms with Gasteiger partial charge in [0.25, 0.3) is 0 Å². The third-order valence-corrected chi connectivity index (χ3v) is 3.71. The van der Waals surface area contributed by atoms with Crippen LogP contribution in [0.4, 0.5) is 17.6 Å². The van der Waals surface area contributed by atoms with Gasteiger partial charge in [0.1, 0.15) is 17.7 Å². The normalized spacial score (nSPS) is 19.3. The van der Waals surface area contributed by atoms with Gasteiger partial charge >= 0.3 is 6.18 Å². The molecule has 0 fully saturated rings. The first-order valence-electron chi connectivity index (χ1n) is 7.42. The SMILES string of the molecule is CNCCC(Oc1ccc(C(F)(F)F)cc1)C1C=CC(F)=CC1. The fraction of sp³-hybridized carbons (Fsp3) is 0.412. The van der Waals surface area contributed by atoms with E-state index >= 15 is 0 Å². The Hall–Kier alpha value is -1.82. The molecule has 0 amide bonds. The van der Waals surface area contributed by atoms with Crippen molar-refractivity contribution in [1.29, 1.82) is 0 Å². The summed E-state index contributed by atoms with van der Waals surface area (Å²) in [7, 11) is 1.81. The summed E-state index contributed by atoms with van der Waals surface area (Å²) in [5, 5.41) is 3.02. The summed E-state index contributed by atoms with van der Waals surface area (Å²) >= 11 is 0. The zero-order chi connectivity index (χ0) is 16.9. The molecule has 2 unspecified atom stereocenters. The molecule has 0 radical (unpaired) electrons. The summed E-state index contributed by atoms with van der Waals surface area (Å²) in [4.78, 5) is 0. The van der Waals surface area contributed by atoms with Gasteiger partial charge in [0.2, 0.25) is 0 Å². The van der Waals surface area contributed by atoms with Gasteiger partial charge in [-0.1, -0.05) is 6.08 Å². The van der Waals surface area contributed by atoms with Crippen molar-refractivity contribution in [1.82, 2.24) is 5.32 Å². The van der Waals surface area contributed by atoms with Gasteiger partial charge in [0, 0.05) is 5.92 Å². The summed E-state index contributed by atoms with van der Waals surface area (Å²) in [6, 6.07) is 4.64. The standard InChI is InChI=1S/C17H19F4NO/c1-22-11-10-16(12-2-6-14(18)7-3-12)23-15-8-4-13(5-9-15)17(19,20)21/h2,4-9,12,16,22H,3,10-11H2,1H3. The molecule has 1 aliphatic rings. The topological polar surface area (TPSA) is 21.3 Å². The molecule has 2 nitrogen and oxygen atoms in total. The molecule has 0 bridgehead atoms. The van der Waals surface area contributed by atoms with Crippen LogP contribution >= 0.6 is 0 Å². The molecular formula is C17H19F4NO. The van der Waals surface area contributed by atoms with Gasteiger partial charge in [-0.05, 0) is 62.9 Å². The van der Waals surface area contributed by atoms with Crippen LogP contribution in [0.15, 0.2) is 48.3 Å². The number of nitrogens with one attached hydrogen (secondary N) is 1. The predicted molar refractivity (Wildman–Crippen MR) is 80.8 cm³/mol. The van der Waals surface area contributed by atoms with E-state index in [0.29, 0.717) is 25.1 Å². The molecule has 0 heterocycles. The maximum Gasteiger partial charge on any atom is 0.416 e. The summed E-state index contributed by atoms with van der Waals surface area (Å²) < 4.78 is 56.6. The van der Waals surface area contributed by atoms with Gasteiger partial charge in [-0.2, -0.15) is 13.2 Å². The highest BCUT2D eigenvalue weighted by Gasteiger charge is 2.30.